The summed E-state index contributed by atoms with van der Waals surface area (Å²) >= 11 is 0. The molecule has 0 aromatic carbocycles. The summed E-state index contributed by atoms with van der Waals surface area (Å²) < 4.78 is 42.0. The number of H-pyrrole nitrogens is 1. The summed E-state index contributed by atoms with van der Waals surface area (Å²) in [6.07, 6.45) is -5.10. The molecule has 0 bridgehead atoms. The van der Waals surface area contributed by atoms with E-state index in [1.807, 2.05) is 4.98 Å². The van der Waals surface area contributed by atoms with Gasteiger partial charge in [0.05, 0.1) is 7.06 Å². The zero-order chi connectivity index (χ0) is 9.35. The second-order valence-corrected chi connectivity index (χ2v) is 1.84. The van der Waals surface area contributed by atoms with Crippen molar-refractivity contribution in [1.29, 1.82) is 0 Å². The lowest BCUT2D eigenvalue weighted by molar-refractivity contribution is -0.0887. The van der Waals surface area contributed by atoms with E-state index >= 15 is 0 Å². The van der Waals surface area contributed by atoms with Crippen molar-refractivity contribution in [3.63, 3.8) is 0 Å². The molecule has 60 valence electrons. The van der Waals surface area contributed by atoms with Crippen LogP contribution in [0.4, 0.5) is 13.2 Å². The van der Waals surface area contributed by atoms with Crippen molar-refractivity contribution in [2.45, 2.75) is 6.18 Å². The first kappa shape index (κ1) is 6.45. The zero-order valence-electron chi connectivity index (χ0n) is 6.20. The van der Waals surface area contributed by atoms with Crippen LogP contribution in [0.5, 0.6) is 0 Å². The lowest BCUT2D eigenvalue weighted by Gasteiger charge is -2.01. The predicted molar refractivity (Wildman–Crippen MR) is 31.2 cm³/mol. The standard InChI is InChI=1S/C6H4F3NO/c7-6(8,9)5(11)4-2-1-3-10-4/h1-3,10H/i3D. The van der Waals surface area contributed by atoms with Gasteiger partial charge in [-0.25, -0.2) is 0 Å². The molecule has 5 heteroatoms. The van der Waals surface area contributed by atoms with E-state index in [0.717, 1.165) is 12.1 Å². The fourth-order valence-corrected chi connectivity index (χ4v) is 0.571. The molecular weight excluding hydrogens is 159 g/mol. The SMILES string of the molecule is [2H]c1ccc(C(=O)C(F)(F)F)[nH]1. The van der Waals surface area contributed by atoms with Crippen LogP contribution in [0.25, 0.3) is 0 Å². The Morgan fingerprint density at radius 3 is 2.64 bits per heavy atom. The molecule has 0 radical (unpaired) electrons. The quantitative estimate of drug-likeness (QED) is 0.630. The topological polar surface area (TPSA) is 32.9 Å². The van der Waals surface area contributed by atoms with Crippen LogP contribution in [-0.4, -0.2) is 16.9 Å². The number of nitrogens with one attached hydrogen (secondary N) is 1. The molecule has 1 rings (SSSR count). The molecule has 2 nitrogen and oxygen atoms in total. The van der Waals surface area contributed by atoms with Gasteiger partial charge in [0.1, 0.15) is 0 Å². The van der Waals surface area contributed by atoms with Gasteiger partial charge in [0.15, 0.2) is 0 Å². The molecule has 0 amide bonds. The van der Waals surface area contributed by atoms with Crippen LogP contribution in [0.1, 0.15) is 11.9 Å². The molecule has 0 aliphatic rings. The van der Waals surface area contributed by atoms with Gasteiger partial charge in [-0.1, -0.05) is 0 Å². The lowest BCUT2D eigenvalue weighted by atomic mass is 10.3. The first-order valence-corrected chi connectivity index (χ1v) is 2.68. The maximum absolute atomic E-state index is 11.7. The van der Waals surface area contributed by atoms with Gasteiger partial charge in [0.25, 0.3) is 5.78 Å². The maximum Gasteiger partial charge on any atom is 0.456 e. The van der Waals surface area contributed by atoms with Crippen LogP contribution in [0.2, 0.25) is 0 Å². The minimum atomic E-state index is -4.88. The summed E-state index contributed by atoms with van der Waals surface area (Å²) in [5.74, 6) is -1.96. The number of hydrogen-bond donors (Lipinski definition) is 1. The Hall–Kier alpha value is -1.26. The molecule has 0 saturated heterocycles. The highest BCUT2D eigenvalue weighted by atomic mass is 19.4. The van der Waals surface area contributed by atoms with Crippen molar-refractivity contribution < 1.29 is 19.3 Å². The highest BCUT2D eigenvalue weighted by Crippen LogP contribution is 2.19. The molecule has 0 saturated carbocycles. The molecule has 0 aliphatic heterocycles. The number of alkyl halides is 3. The van der Waals surface area contributed by atoms with E-state index in [1.165, 1.54) is 0 Å². The highest BCUT2D eigenvalue weighted by Gasteiger charge is 2.39. The Morgan fingerprint density at radius 2 is 2.27 bits per heavy atom. The molecule has 1 N–H and O–H groups in total. The van der Waals surface area contributed by atoms with Gasteiger partial charge < -0.3 is 4.98 Å². The largest absolute Gasteiger partial charge is 0.456 e. The van der Waals surface area contributed by atoms with Crippen molar-refractivity contribution in [3.05, 3.63) is 24.0 Å². The first-order valence-electron chi connectivity index (χ1n) is 3.18. The van der Waals surface area contributed by atoms with Gasteiger partial charge in [-0.15, -0.1) is 0 Å². The van der Waals surface area contributed by atoms with Crippen LogP contribution in [0.3, 0.4) is 0 Å². The zero-order valence-corrected chi connectivity index (χ0v) is 5.20. The number of rotatable bonds is 1. The third-order valence-electron chi connectivity index (χ3n) is 1.04. The van der Waals surface area contributed by atoms with E-state index in [-0.39, 0.29) is 6.17 Å². The van der Waals surface area contributed by atoms with Crippen LogP contribution in [0, 0.1) is 0 Å². The Labute approximate surface area is 61.4 Å². The van der Waals surface area contributed by atoms with Crippen molar-refractivity contribution >= 4 is 5.78 Å². The number of aromatic amines is 1. The minimum absolute atomic E-state index is 0.220. The summed E-state index contributed by atoms with van der Waals surface area (Å²) in [5, 5.41) is 0. The van der Waals surface area contributed by atoms with Crippen molar-refractivity contribution in [2.75, 3.05) is 0 Å². The maximum atomic E-state index is 11.7. The Bertz CT molecular complexity index is 304. The molecule has 0 unspecified atom stereocenters. The summed E-state index contributed by atoms with van der Waals surface area (Å²) in [5.41, 5.74) is -0.604. The average molecular weight is 164 g/mol. The lowest BCUT2D eigenvalue weighted by Crippen LogP contribution is -2.22. The molecule has 1 aromatic heterocycles. The van der Waals surface area contributed by atoms with E-state index < -0.39 is 17.7 Å². The Morgan fingerprint density at radius 1 is 1.64 bits per heavy atom. The van der Waals surface area contributed by atoms with Crippen molar-refractivity contribution in [3.8, 4) is 0 Å². The van der Waals surface area contributed by atoms with Gasteiger partial charge in [-0.2, -0.15) is 13.2 Å². The van der Waals surface area contributed by atoms with E-state index in [2.05, 4.69) is 0 Å². The molecular formula is C6H4F3NO. The number of halogens is 3. The van der Waals surface area contributed by atoms with Crippen LogP contribution < -0.4 is 0 Å². The molecule has 0 fully saturated rings. The van der Waals surface area contributed by atoms with Gasteiger partial charge in [-0.3, -0.25) is 4.79 Å². The summed E-state index contributed by atoms with van der Waals surface area (Å²) in [6, 6.07) is 2.01. The van der Waals surface area contributed by atoms with Crippen molar-refractivity contribution in [1.82, 2.24) is 4.98 Å². The fourth-order valence-electron chi connectivity index (χ4n) is 0.571. The number of carbonyl (C=O) groups excluding carboxylic acids is 1. The normalized spacial score (nSPS) is 12.8. The van der Waals surface area contributed by atoms with Gasteiger partial charge >= 0.3 is 6.18 Å². The molecule has 1 aromatic rings. The number of hydrogen-bond acceptors (Lipinski definition) is 1. The molecule has 0 spiro atoms. The smallest absolute Gasteiger partial charge is 0.359 e. The third-order valence-corrected chi connectivity index (χ3v) is 1.04. The summed E-state index contributed by atoms with van der Waals surface area (Å²) in [6.45, 7) is 0. The molecule has 0 atom stereocenters. The second kappa shape index (κ2) is 2.41. The number of aromatic nitrogens is 1. The van der Waals surface area contributed by atoms with Crippen molar-refractivity contribution in [2.24, 2.45) is 0 Å². The van der Waals surface area contributed by atoms with Crippen LogP contribution >= 0.6 is 0 Å². The molecule has 11 heavy (non-hydrogen) atoms. The fraction of sp³-hybridized carbons (Fsp3) is 0.167. The molecule has 1 heterocycles. The van der Waals surface area contributed by atoms with E-state index in [1.54, 1.807) is 0 Å². The number of Topliss-reactive ketones (excluding diaryl/α,β-unsaturated/α-hetero) is 1. The minimum Gasteiger partial charge on any atom is -0.359 e. The second-order valence-electron chi connectivity index (χ2n) is 1.84. The average Bonchev–Trinajstić information content (AvgIpc) is 2.32. The third kappa shape index (κ3) is 1.60. The highest BCUT2D eigenvalue weighted by molar-refractivity contribution is 5.98. The first-order chi connectivity index (χ1) is 5.41. The monoisotopic (exact) mass is 164 g/mol. The van der Waals surface area contributed by atoms with Gasteiger partial charge in [-0.05, 0) is 12.1 Å². The number of carbonyl (C=O) groups is 1. The Balaban J connectivity index is 2.93. The van der Waals surface area contributed by atoms with Crippen LogP contribution in [0.15, 0.2) is 18.3 Å². The van der Waals surface area contributed by atoms with Gasteiger partial charge in [0, 0.05) is 6.17 Å². The Kier molecular flexibility index (Phi) is 1.41. The summed E-state index contributed by atoms with van der Waals surface area (Å²) in [4.78, 5) is 12.4. The predicted octanol–water partition coefficient (Wildman–Crippen LogP) is 1.76. The van der Waals surface area contributed by atoms with Gasteiger partial charge in [0.2, 0.25) is 0 Å². The number of ketones is 1. The summed E-state index contributed by atoms with van der Waals surface area (Å²) in [7, 11) is 0. The molecule has 0 aliphatic carbocycles. The van der Waals surface area contributed by atoms with Crippen LogP contribution in [-0.2, 0) is 0 Å². The van der Waals surface area contributed by atoms with E-state index in [4.69, 9.17) is 1.37 Å². The van der Waals surface area contributed by atoms with E-state index in [9.17, 15) is 18.0 Å². The van der Waals surface area contributed by atoms with E-state index in [0.29, 0.717) is 0 Å².